The van der Waals surface area contributed by atoms with Crippen LogP contribution in [0.25, 0.3) is 10.2 Å². The maximum atomic E-state index is 11.7. The van der Waals surface area contributed by atoms with Crippen LogP contribution in [0.5, 0.6) is 0 Å². The molecule has 1 aliphatic rings. The summed E-state index contributed by atoms with van der Waals surface area (Å²) in [5.74, 6) is 6.44. The van der Waals surface area contributed by atoms with Crippen LogP contribution in [0.1, 0.15) is 41.3 Å². The molecule has 8 heteroatoms. The van der Waals surface area contributed by atoms with E-state index in [1.54, 1.807) is 18.3 Å². The van der Waals surface area contributed by atoms with Crippen LogP contribution in [0.15, 0.2) is 0 Å². The number of hydrazine groups is 1. The number of thiophene rings is 1. The first-order valence-electron chi connectivity index (χ1n) is 6.89. The fourth-order valence-electron chi connectivity index (χ4n) is 2.65. The molecule has 2 aromatic rings. The number of aryl methyl sites for hydroxylation is 2. The summed E-state index contributed by atoms with van der Waals surface area (Å²) in [6, 6.07) is 0. The smallest absolute Gasteiger partial charge is 0.157 e. The van der Waals surface area contributed by atoms with Crippen LogP contribution in [0.4, 0.5) is 5.82 Å². The van der Waals surface area contributed by atoms with Crippen molar-refractivity contribution in [1.82, 2.24) is 9.97 Å². The van der Waals surface area contributed by atoms with Gasteiger partial charge in [0.05, 0.1) is 5.39 Å². The van der Waals surface area contributed by atoms with Crippen LogP contribution < -0.4 is 11.3 Å². The fraction of sp³-hybridized carbons (Fsp3) is 0.538. The molecule has 114 valence electrons. The Morgan fingerprint density at radius 2 is 2.00 bits per heavy atom. The van der Waals surface area contributed by atoms with E-state index in [9.17, 15) is 8.42 Å². The predicted octanol–water partition coefficient (Wildman–Crippen LogP) is 1.96. The maximum Gasteiger partial charge on any atom is 0.157 e. The van der Waals surface area contributed by atoms with Gasteiger partial charge in [0.1, 0.15) is 15.9 Å². The maximum absolute atomic E-state index is 11.7. The molecule has 21 heavy (non-hydrogen) atoms. The van der Waals surface area contributed by atoms with Crippen molar-refractivity contribution in [2.24, 2.45) is 5.84 Å². The predicted molar refractivity (Wildman–Crippen MR) is 85.1 cm³/mol. The highest BCUT2D eigenvalue weighted by Crippen LogP contribution is 2.39. The standard InChI is InChI=1S/C13H18N4O2S2/c1-7(21(2,18)19)11-15-12(17-14)10-8-5-3-4-6-9(8)20-13(10)16-11/h7H,3-6,14H2,1-2H3,(H,15,16,17). The molecule has 0 amide bonds. The minimum atomic E-state index is -3.24. The van der Waals surface area contributed by atoms with Gasteiger partial charge in [0, 0.05) is 11.1 Å². The molecule has 0 fully saturated rings. The molecular weight excluding hydrogens is 308 g/mol. The lowest BCUT2D eigenvalue weighted by atomic mass is 9.97. The minimum Gasteiger partial charge on any atom is -0.308 e. The van der Waals surface area contributed by atoms with Gasteiger partial charge in [-0.05, 0) is 38.2 Å². The molecule has 2 heterocycles. The molecule has 0 saturated heterocycles. The van der Waals surface area contributed by atoms with Gasteiger partial charge in [-0.1, -0.05) is 0 Å². The molecule has 0 aliphatic heterocycles. The van der Waals surface area contributed by atoms with Gasteiger partial charge in [0.25, 0.3) is 0 Å². The number of nitrogens with one attached hydrogen (secondary N) is 1. The number of hydrogen-bond donors (Lipinski definition) is 2. The quantitative estimate of drug-likeness (QED) is 0.661. The molecule has 0 aromatic carbocycles. The molecule has 3 rings (SSSR count). The van der Waals surface area contributed by atoms with Gasteiger partial charge in [-0.25, -0.2) is 24.2 Å². The van der Waals surface area contributed by atoms with Gasteiger partial charge in [0.2, 0.25) is 0 Å². The van der Waals surface area contributed by atoms with E-state index in [1.807, 2.05) is 0 Å². The van der Waals surface area contributed by atoms with Crippen LogP contribution in [0.3, 0.4) is 0 Å². The van der Waals surface area contributed by atoms with Gasteiger partial charge in [-0.15, -0.1) is 11.3 Å². The fourth-order valence-corrected chi connectivity index (χ4v) is 4.41. The monoisotopic (exact) mass is 326 g/mol. The first-order valence-corrected chi connectivity index (χ1v) is 9.66. The Bertz CT molecular complexity index is 798. The Labute approximate surface area is 127 Å². The normalized spacial score (nSPS) is 16.7. The zero-order valence-electron chi connectivity index (χ0n) is 12.0. The van der Waals surface area contributed by atoms with E-state index in [0.29, 0.717) is 11.6 Å². The topological polar surface area (TPSA) is 98.0 Å². The molecule has 0 spiro atoms. The number of sulfone groups is 1. The molecule has 1 aliphatic carbocycles. The number of rotatable bonds is 3. The van der Waals surface area contributed by atoms with E-state index in [0.717, 1.165) is 29.5 Å². The highest BCUT2D eigenvalue weighted by atomic mass is 32.2. The van der Waals surface area contributed by atoms with E-state index in [2.05, 4.69) is 15.4 Å². The number of hydrogen-bond acceptors (Lipinski definition) is 7. The van der Waals surface area contributed by atoms with E-state index in [1.165, 1.54) is 23.1 Å². The summed E-state index contributed by atoms with van der Waals surface area (Å²) in [6.45, 7) is 1.60. The number of aromatic nitrogens is 2. The molecule has 1 unspecified atom stereocenters. The van der Waals surface area contributed by atoms with E-state index >= 15 is 0 Å². The second-order valence-corrected chi connectivity index (χ2v) is 8.89. The molecule has 6 nitrogen and oxygen atoms in total. The van der Waals surface area contributed by atoms with Crippen molar-refractivity contribution in [1.29, 1.82) is 0 Å². The molecule has 1 atom stereocenters. The minimum absolute atomic E-state index is 0.302. The number of nitrogens with two attached hydrogens (primary N) is 1. The second kappa shape index (κ2) is 5.19. The van der Waals surface area contributed by atoms with Crippen molar-refractivity contribution in [2.45, 2.75) is 37.9 Å². The average Bonchev–Trinajstić information content (AvgIpc) is 2.82. The van der Waals surface area contributed by atoms with Crippen LogP contribution in [-0.4, -0.2) is 24.6 Å². The number of nitrogens with zero attached hydrogens (tertiary/aromatic N) is 2. The van der Waals surface area contributed by atoms with Crippen LogP contribution in [0, 0.1) is 0 Å². The van der Waals surface area contributed by atoms with Crippen LogP contribution in [-0.2, 0) is 22.7 Å². The van der Waals surface area contributed by atoms with Gasteiger partial charge >= 0.3 is 0 Å². The number of nitrogen functional groups attached to an aromatic ring is 1. The van der Waals surface area contributed by atoms with E-state index in [-0.39, 0.29) is 0 Å². The van der Waals surface area contributed by atoms with Gasteiger partial charge in [-0.2, -0.15) is 0 Å². The van der Waals surface area contributed by atoms with Crippen molar-refractivity contribution < 1.29 is 8.42 Å². The van der Waals surface area contributed by atoms with Crippen molar-refractivity contribution in [3.8, 4) is 0 Å². The van der Waals surface area contributed by atoms with Crippen molar-refractivity contribution in [3.63, 3.8) is 0 Å². The average molecular weight is 326 g/mol. The lowest BCUT2D eigenvalue weighted by molar-refractivity contribution is 0.589. The molecule has 0 saturated carbocycles. The first-order chi connectivity index (χ1) is 9.91. The van der Waals surface area contributed by atoms with Crippen LogP contribution >= 0.6 is 11.3 Å². The Morgan fingerprint density at radius 1 is 1.29 bits per heavy atom. The van der Waals surface area contributed by atoms with Gasteiger partial charge in [-0.3, -0.25) is 0 Å². The summed E-state index contributed by atoms with van der Waals surface area (Å²) in [5, 5.41) is 0.217. The molecule has 2 aromatic heterocycles. The first kappa shape index (κ1) is 14.7. The Kier molecular flexibility index (Phi) is 3.62. The highest BCUT2D eigenvalue weighted by Gasteiger charge is 2.25. The third-order valence-corrected chi connectivity index (χ3v) is 6.66. The molecular formula is C13H18N4O2S2. The Morgan fingerprint density at radius 3 is 2.67 bits per heavy atom. The number of fused-ring (bicyclic) bond motifs is 3. The van der Waals surface area contributed by atoms with E-state index in [4.69, 9.17) is 5.84 Å². The van der Waals surface area contributed by atoms with Gasteiger partial charge < -0.3 is 5.43 Å². The van der Waals surface area contributed by atoms with Crippen molar-refractivity contribution in [3.05, 3.63) is 16.3 Å². The summed E-state index contributed by atoms with van der Waals surface area (Å²) in [6.07, 6.45) is 5.60. The molecule has 0 bridgehead atoms. The second-order valence-electron chi connectivity index (χ2n) is 5.44. The third-order valence-electron chi connectivity index (χ3n) is 3.97. The lowest BCUT2D eigenvalue weighted by Gasteiger charge is -2.13. The summed E-state index contributed by atoms with van der Waals surface area (Å²) < 4.78 is 23.5. The highest BCUT2D eigenvalue weighted by molar-refractivity contribution is 7.90. The zero-order chi connectivity index (χ0) is 15.2. The summed E-state index contributed by atoms with van der Waals surface area (Å²) in [4.78, 5) is 11.0. The number of anilines is 1. The largest absolute Gasteiger partial charge is 0.308 e. The summed E-state index contributed by atoms with van der Waals surface area (Å²) >= 11 is 1.63. The van der Waals surface area contributed by atoms with Crippen molar-refractivity contribution >= 4 is 37.2 Å². The van der Waals surface area contributed by atoms with Gasteiger partial charge in [0.15, 0.2) is 15.7 Å². The van der Waals surface area contributed by atoms with E-state index < -0.39 is 15.1 Å². The third kappa shape index (κ3) is 2.51. The molecule has 0 radical (unpaired) electrons. The summed E-state index contributed by atoms with van der Waals surface area (Å²) in [7, 11) is -3.24. The summed E-state index contributed by atoms with van der Waals surface area (Å²) in [5.41, 5.74) is 3.88. The van der Waals surface area contributed by atoms with Crippen molar-refractivity contribution in [2.75, 3.05) is 11.7 Å². The molecule has 3 N–H and O–H groups in total. The Hall–Kier alpha value is -1.25. The lowest BCUT2D eigenvalue weighted by Crippen LogP contribution is -2.15. The van der Waals surface area contributed by atoms with Crippen LogP contribution in [0.2, 0.25) is 0 Å². The zero-order valence-corrected chi connectivity index (χ0v) is 13.6. The Balaban J connectivity index is 2.23. The SMILES string of the molecule is CC(c1nc(NN)c2c3c(sc2n1)CCCC3)S(C)(=O)=O.